The van der Waals surface area contributed by atoms with Gasteiger partial charge in [-0.25, -0.2) is 9.07 Å². The molecule has 1 aliphatic heterocycles. The molecule has 3 rings (SSSR count). The topological polar surface area (TPSA) is 77.0 Å². The number of nitrogen functional groups attached to an aromatic ring is 1. The third kappa shape index (κ3) is 3.24. The minimum absolute atomic E-state index is 0.122. The number of aryl methyl sites for hydroxylation is 1. The van der Waals surface area contributed by atoms with Crippen LogP contribution in [-0.2, 0) is 11.2 Å². The van der Waals surface area contributed by atoms with Gasteiger partial charge in [-0.3, -0.25) is 4.79 Å². The summed E-state index contributed by atoms with van der Waals surface area (Å²) in [5, 5.41) is 8.38. The van der Waals surface area contributed by atoms with E-state index >= 15 is 0 Å². The fourth-order valence-electron chi connectivity index (χ4n) is 2.69. The molecule has 2 heterocycles. The van der Waals surface area contributed by atoms with Gasteiger partial charge in [-0.1, -0.05) is 37.2 Å². The molecule has 0 radical (unpaired) electrons. The molecule has 0 bridgehead atoms. The van der Waals surface area contributed by atoms with Crippen LogP contribution < -0.4 is 10.7 Å². The van der Waals surface area contributed by atoms with Crippen molar-refractivity contribution in [3.8, 4) is 0 Å². The number of hydrogen-bond acceptors (Lipinski definition) is 5. The van der Waals surface area contributed by atoms with E-state index in [4.69, 9.17) is 5.84 Å². The minimum Gasteiger partial charge on any atom is -0.336 e. The first-order chi connectivity index (χ1) is 11.6. The summed E-state index contributed by atoms with van der Waals surface area (Å²) in [6.45, 7) is 2.58. The number of amides is 1. The van der Waals surface area contributed by atoms with Gasteiger partial charge < -0.3 is 10.7 Å². The molecule has 1 fully saturated rings. The molecule has 1 aliphatic rings. The van der Waals surface area contributed by atoms with E-state index < -0.39 is 0 Å². The second-order valence-electron chi connectivity index (χ2n) is 5.71. The average molecular weight is 349 g/mol. The maximum atomic E-state index is 13.9. The highest BCUT2D eigenvalue weighted by Crippen LogP contribution is 2.33. The fourth-order valence-corrected chi connectivity index (χ4v) is 3.71. The molecule has 0 spiro atoms. The molecule has 1 unspecified atom stereocenters. The predicted molar refractivity (Wildman–Crippen MR) is 91.8 cm³/mol. The number of thioether (sulfide) groups is 1. The van der Waals surface area contributed by atoms with Crippen LogP contribution in [0.3, 0.4) is 0 Å². The molecular weight excluding hydrogens is 329 g/mol. The van der Waals surface area contributed by atoms with E-state index in [1.807, 2.05) is 0 Å². The van der Waals surface area contributed by atoms with Gasteiger partial charge in [0.25, 0.3) is 0 Å². The zero-order valence-corrected chi connectivity index (χ0v) is 14.3. The second-order valence-corrected chi connectivity index (χ2v) is 6.88. The van der Waals surface area contributed by atoms with Gasteiger partial charge in [-0.15, -0.1) is 10.2 Å². The van der Waals surface area contributed by atoms with Crippen LogP contribution in [-0.4, -0.2) is 32.6 Å². The fraction of sp³-hybridized carbons (Fsp3) is 0.438. The Balaban J connectivity index is 1.70. The lowest BCUT2D eigenvalue weighted by atomic mass is 10.2. The molecule has 0 saturated carbocycles. The molecule has 1 atom stereocenters. The highest BCUT2D eigenvalue weighted by Gasteiger charge is 2.35. The molecule has 128 valence electrons. The molecule has 2 N–H and O–H groups in total. The van der Waals surface area contributed by atoms with Crippen LogP contribution in [0.15, 0.2) is 29.4 Å². The first kappa shape index (κ1) is 16.8. The predicted octanol–water partition coefficient (Wildman–Crippen LogP) is 2.37. The molecule has 1 saturated heterocycles. The van der Waals surface area contributed by atoms with Gasteiger partial charge in [0.2, 0.25) is 11.1 Å². The number of unbranched alkanes of at least 4 members (excludes halogenated alkanes) is 1. The number of nitrogens with zero attached hydrogens (tertiary/aromatic N) is 4. The number of rotatable bonds is 6. The van der Waals surface area contributed by atoms with Crippen molar-refractivity contribution in [3.05, 3.63) is 35.9 Å². The lowest BCUT2D eigenvalue weighted by Gasteiger charge is -2.17. The molecule has 24 heavy (non-hydrogen) atoms. The summed E-state index contributed by atoms with van der Waals surface area (Å²) < 4.78 is 15.4. The number of nitrogens with two attached hydrogens (primary N) is 1. The Hall–Kier alpha value is -2.09. The minimum atomic E-state index is -0.389. The third-order valence-corrected chi connectivity index (χ3v) is 5.25. The lowest BCUT2D eigenvalue weighted by molar-refractivity contribution is -0.116. The van der Waals surface area contributed by atoms with E-state index in [1.54, 1.807) is 18.2 Å². The van der Waals surface area contributed by atoms with Gasteiger partial charge in [0.1, 0.15) is 5.82 Å². The lowest BCUT2D eigenvalue weighted by Crippen LogP contribution is -2.29. The molecule has 6 nitrogen and oxygen atoms in total. The van der Waals surface area contributed by atoms with Crippen LogP contribution >= 0.6 is 11.8 Å². The number of hydrogen-bond donors (Lipinski definition) is 1. The number of halogens is 1. The van der Waals surface area contributed by atoms with Crippen molar-refractivity contribution >= 4 is 23.4 Å². The molecule has 1 aromatic carbocycles. The highest BCUT2D eigenvalue weighted by atomic mass is 32.2. The number of benzene rings is 1. The van der Waals surface area contributed by atoms with Gasteiger partial charge in [0.15, 0.2) is 5.82 Å². The monoisotopic (exact) mass is 349 g/mol. The molecule has 2 aromatic rings. The summed E-state index contributed by atoms with van der Waals surface area (Å²) in [5.74, 6) is 6.23. The van der Waals surface area contributed by atoms with E-state index in [0.29, 0.717) is 23.8 Å². The van der Waals surface area contributed by atoms with Crippen molar-refractivity contribution in [3.63, 3.8) is 0 Å². The van der Waals surface area contributed by atoms with E-state index in [2.05, 4.69) is 17.1 Å². The number of para-hydroxylation sites is 1. The summed E-state index contributed by atoms with van der Waals surface area (Å²) in [4.78, 5) is 14.1. The number of anilines is 1. The summed E-state index contributed by atoms with van der Waals surface area (Å²) in [7, 11) is 0. The quantitative estimate of drug-likeness (QED) is 0.810. The maximum Gasteiger partial charge on any atom is 0.240 e. The number of aromatic nitrogens is 3. The van der Waals surface area contributed by atoms with Crippen molar-refractivity contribution in [2.75, 3.05) is 17.3 Å². The largest absolute Gasteiger partial charge is 0.336 e. The highest BCUT2D eigenvalue weighted by molar-refractivity contribution is 8.00. The Morgan fingerprint density at radius 1 is 1.38 bits per heavy atom. The summed E-state index contributed by atoms with van der Waals surface area (Å²) in [6, 6.07) is 6.32. The van der Waals surface area contributed by atoms with Crippen LogP contribution in [0.1, 0.15) is 32.0 Å². The van der Waals surface area contributed by atoms with Crippen molar-refractivity contribution in [1.82, 2.24) is 14.9 Å². The molecule has 0 aliphatic carbocycles. The Bertz CT molecular complexity index is 735. The van der Waals surface area contributed by atoms with Crippen molar-refractivity contribution in [2.24, 2.45) is 0 Å². The van der Waals surface area contributed by atoms with Crippen LogP contribution in [0.25, 0.3) is 0 Å². The Kier molecular flexibility index (Phi) is 5.03. The third-order valence-electron chi connectivity index (χ3n) is 4.04. The molecule has 1 amide bonds. The first-order valence-electron chi connectivity index (χ1n) is 8.03. The number of carbonyl (C=O) groups is 1. The SMILES string of the molecule is CCCCc1nnc(SC2CCN(c3ccccc3F)C2=O)n1N. The van der Waals surface area contributed by atoms with Crippen molar-refractivity contribution < 1.29 is 9.18 Å². The van der Waals surface area contributed by atoms with Gasteiger partial charge in [0.05, 0.1) is 10.9 Å². The second kappa shape index (κ2) is 7.21. The smallest absolute Gasteiger partial charge is 0.240 e. The Morgan fingerprint density at radius 2 is 2.17 bits per heavy atom. The maximum absolute atomic E-state index is 13.9. The summed E-state index contributed by atoms with van der Waals surface area (Å²) in [5.41, 5.74) is 0.323. The van der Waals surface area contributed by atoms with Gasteiger partial charge >= 0.3 is 0 Å². The molecular formula is C16H20FN5OS. The van der Waals surface area contributed by atoms with E-state index in [9.17, 15) is 9.18 Å². The average Bonchev–Trinajstić information content (AvgIpc) is 3.11. The van der Waals surface area contributed by atoms with Gasteiger partial charge in [-0.2, -0.15) is 0 Å². The zero-order chi connectivity index (χ0) is 17.1. The number of carbonyl (C=O) groups excluding carboxylic acids is 1. The van der Waals surface area contributed by atoms with Crippen molar-refractivity contribution in [1.29, 1.82) is 0 Å². The van der Waals surface area contributed by atoms with Crippen LogP contribution in [0.4, 0.5) is 10.1 Å². The van der Waals surface area contributed by atoms with Crippen LogP contribution in [0.2, 0.25) is 0 Å². The van der Waals surface area contributed by atoms with Gasteiger partial charge in [-0.05, 0) is 25.0 Å². The molecule has 8 heteroatoms. The normalized spacial score (nSPS) is 17.7. The van der Waals surface area contributed by atoms with Crippen LogP contribution in [0.5, 0.6) is 0 Å². The Labute approximate surface area is 144 Å². The molecule has 1 aromatic heterocycles. The Morgan fingerprint density at radius 3 is 2.92 bits per heavy atom. The van der Waals surface area contributed by atoms with Crippen molar-refractivity contribution in [2.45, 2.75) is 43.0 Å². The standard InChI is InChI=1S/C16H20FN5OS/c1-2-3-8-14-19-20-16(22(14)18)24-13-9-10-21(15(13)23)12-7-5-4-6-11(12)17/h4-7,13H,2-3,8-10,18H2,1H3. The zero-order valence-electron chi connectivity index (χ0n) is 13.5. The summed E-state index contributed by atoms with van der Waals surface area (Å²) in [6.07, 6.45) is 3.42. The van der Waals surface area contributed by atoms with E-state index in [-0.39, 0.29) is 17.0 Å². The van der Waals surface area contributed by atoms with Crippen LogP contribution in [0, 0.1) is 5.82 Å². The van der Waals surface area contributed by atoms with Gasteiger partial charge in [0, 0.05) is 13.0 Å². The van der Waals surface area contributed by atoms with E-state index in [0.717, 1.165) is 25.1 Å². The first-order valence-corrected chi connectivity index (χ1v) is 8.91. The van der Waals surface area contributed by atoms with E-state index in [1.165, 1.54) is 27.4 Å². The summed E-state index contributed by atoms with van der Waals surface area (Å²) >= 11 is 1.30.